The molecule has 3 heteroatoms. The maximum absolute atomic E-state index is 14.0. The van der Waals surface area contributed by atoms with E-state index in [0.717, 1.165) is 5.56 Å². The molecule has 16 heavy (non-hydrogen) atoms. The number of aromatic nitrogens is 2. The Labute approximate surface area is 92.0 Å². The Hall–Kier alpha value is -2.16. The van der Waals surface area contributed by atoms with Crippen LogP contribution in [0.1, 0.15) is 0 Å². The number of fused-ring (bicyclic) bond motifs is 1. The number of benzene rings is 1. The predicted octanol–water partition coefficient (Wildman–Crippen LogP) is 3.14. The van der Waals surface area contributed by atoms with Gasteiger partial charge in [0.1, 0.15) is 11.3 Å². The molecule has 0 saturated carbocycles. The Bertz CT molecular complexity index is 629. The number of halogens is 1. The molecule has 0 bridgehead atoms. The fraction of sp³-hybridized carbons (Fsp3) is 0. The second kappa shape index (κ2) is 3.45. The largest absolute Gasteiger partial charge is 0.276 e. The third-order valence-corrected chi connectivity index (χ3v) is 2.52. The molecule has 2 heterocycles. The molecule has 0 spiro atoms. The summed E-state index contributed by atoms with van der Waals surface area (Å²) in [6, 6.07) is 14.8. The van der Waals surface area contributed by atoms with Crippen LogP contribution in [0.15, 0.2) is 54.7 Å². The van der Waals surface area contributed by atoms with E-state index in [1.54, 1.807) is 18.3 Å². The lowest BCUT2D eigenvalue weighted by atomic mass is 10.2. The van der Waals surface area contributed by atoms with Crippen LogP contribution in [0.5, 0.6) is 0 Å². The molecule has 3 rings (SSSR count). The zero-order chi connectivity index (χ0) is 11.0. The van der Waals surface area contributed by atoms with Gasteiger partial charge in [-0.2, -0.15) is 4.39 Å². The van der Waals surface area contributed by atoms with Crippen molar-refractivity contribution >= 4 is 5.65 Å². The lowest BCUT2D eigenvalue weighted by Crippen LogP contribution is -1.87. The fourth-order valence-corrected chi connectivity index (χ4v) is 1.75. The van der Waals surface area contributed by atoms with Gasteiger partial charge in [0, 0.05) is 11.8 Å². The van der Waals surface area contributed by atoms with E-state index in [-0.39, 0.29) is 5.95 Å². The Kier molecular flexibility index (Phi) is 1.96. The van der Waals surface area contributed by atoms with Crippen molar-refractivity contribution in [2.45, 2.75) is 0 Å². The first-order chi connectivity index (χ1) is 7.86. The first-order valence-electron chi connectivity index (χ1n) is 5.04. The van der Waals surface area contributed by atoms with E-state index in [2.05, 4.69) is 4.98 Å². The highest BCUT2D eigenvalue weighted by Gasteiger charge is 2.12. The number of pyridine rings is 1. The van der Waals surface area contributed by atoms with Crippen molar-refractivity contribution in [3.63, 3.8) is 0 Å². The minimum Gasteiger partial charge on any atom is -0.276 e. The fourth-order valence-electron chi connectivity index (χ4n) is 1.75. The van der Waals surface area contributed by atoms with Crippen molar-refractivity contribution in [2.75, 3.05) is 0 Å². The van der Waals surface area contributed by atoms with E-state index in [0.29, 0.717) is 11.3 Å². The minimum atomic E-state index is -0.318. The summed E-state index contributed by atoms with van der Waals surface area (Å²) in [7, 11) is 0. The normalized spacial score (nSPS) is 10.8. The van der Waals surface area contributed by atoms with E-state index in [1.165, 1.54) is 4.40 Å². The second-order valence-electron chi connectivity index (χ2n) is 3.55. The van der Waals surface area contributed by atoms with Gasteiger partial charge in [0.15, 0.2) is 0 Å². The third kappa shape index (κ3) is 1.29. The standard InChI is InChI=1S/C13H9FN2/c14-13-12(10-6-2-1-3-7-10)15-11-8-4-5-9-16(11)13/h1-9H. The van der Waals surface area contributed by atoms with Crippen molar-refractivity contribution in [3.05, 3.63) is 60.7 Å². The zero-order valence-electron chi connectivity index (χ0n) is 8.47. The first kappa shape index (κ1) is 9.09. The smallest absolute Gasteiger partial charge is 0.225 e. The van der Waals surface area contributed by atoms with E-state index in [4.69, 9.17) is 0 Å². The van der Waals surface area contributed by atoms with Crippen LogP contribution < -0.4 is 0 Å². The molecule has 3 aromatic rings. The molecular formula is C13H9FN2. The summed E-state index contributed by atoms with van der Waals surface area (Å²) in [6.45, 7) is 0. The Morgan fingerprint density at radius 3 is 2.44 bits per heavy atom. The van der Waals surface area contributed by atoms with Crippen LogP contribution in [0.25, 0.3) is 16.9 Å². The molecular weight excluding hydrogens is 203 g/mol. The highest BCUT2D eigenvalue weighted by atomic mass is 19.1. The van der Waals surface area contributed by atoms with E-state index < -0.39 is 0 Å². The summed E-state index contributed by atoms with van der Waals surface area (Å²) >= 11 is 0. The molecule has 1 aromatic carbocycles. The molecule has 0 unspecified atom stereocenters. The summed E-state index contributed by atoms with van der Waals surface area (Å²) in [5.41, 5.74) is 1.81. The van der Waals surface area contributed by atoms with E-state index >= 15 is 0 Å². The highest BCUT2D eigenvalue weighted by Crippen LogP contribution is 2.22. The first-order valence-corrected chi connectivity index (χ1v) is 5.04. The molecule has 0 saturated heterocycles. The highest BCUT2D eigenvalue weighted by molar-refractivity contribution is 5.63. The molecule has 0 radical (unpaired) electrons. The predicted molar refractivity (Wildman–Crippen MR) is 60.6 cm³/mol. The van der Waals surface area contributed by atoms with Gasteiger partial charge in [-0.3, -0.25) is 4.40 Å². The SMILES string of the molecule is Fc1c(-c2ccccc2)nc2ccccn12. The maximum Gasteiger partial charge on any atom is 0.225 e. The molecule has 78 valence electrons. The Morgan fingerprint density at radius 2 is 1.69 bits per heavy atom. The number of hydrogen-bond acceptors (Lipinski definition) is 1. The van der Waals surface area contributed by atoms with E-state index in [1.807, 2.05) is 36.4 Å². The van der Waals surface area contributed by atoms with Gasteiger partial charge in [0.25, 0.3) is 0 Å². The number of hydrogen-bond donors (Lipinski definition) is 0. The quantitative estimate of drug-likeness (QED) is 0.605. The molecule has 0 atom stereocenters. The maximum atomic E-state index is 14.0. The zero-order valence-corrected chi connectivity index (χ0v) is 8.47. The average Bonchev–Trinajstić information content (AvgIpc) is 2.69. The summed E-state index contributed by atoms with van der Waals surface area (Å²) in [5, 5.41) is 0. The van der Waals surface area contributed by atoms with Crippen LogP contribution >= 0.6 is 0 Å². The lowest BCUT2D eigenvalue weighted by molar-refractivity contribution is 0.576. The Balaban J connectivity index is 2.29. The number of imidazole rings is 1. The van der Waals surface area contributed by atoms with Crippen molar-refractivity contribution < 1.29 is 4.39 Å². The third-order valence-electron chi connectivity index (χ3n) is 2.52. The van der Waals surface area contributed by atoms with Crippen molar-refractivity contribution in [1.29, 1.82) is 0 Å². The van der Waals surface area contributed by atoms with Gasteiger partial charge >= 0.3 is 0 Å². The van der Waals surface area contributed by atoms with Gasteiger partial charge in [-0.1, -0.05) is 36.4 Å². The number of rotatable bonds is 1. The summed E-state index contributed by atoms with van der Waals surface area (Å²) < 4.78 is 15.5. The molecule has 0 aliphatic heterocycles. The lowest BCUT2D eigenvalue weighted by Gasteiger charge is -1.95. The molecule has 2 nitrogen and oxygen atoms in total. The van der Waals surface area contributed by atoms with Crippen molar-refractivity contribution in [1.82, 2.24) is 9.38 Å². The molecule has 2 aromatic heterocycles. The van der Waals surface area contributed by atoms with E-state index in [9.17, 15) is 4.39 Å². The van der Waals surface area contributed by atoms with Crippen molar-refractivity contribution in [2.24, 2.45) is 0 Å². The average molecular weight is 212 g/mol. The molecule has 0 amide bonds. The van der Waals surface area contributed by atoms with Crippen LogP contribution in [0, 0.1) is 5.95 Å². The van der Waals surface area contributed by atoms with Crippen LogP contribution in [-0.2, 0) is 0 Å². The van der Waals surface area contributed by atoms with Crippen LogP contribution in [0.3, 0.4) is 0 Å². The van der Waals surface area contributed by atoms with Crippen LogP contribution in [0.4, 0.5) is 4.39 Å². The summed E-state index contributed by atoms with van der Waals surface area (Å²) in [4.78, 5) is 4.27. The van der Waals surface area contributed by atoms with Crippen LogP contribution in [-0.4, -0.2) is 9.38 Å². The topological polar surface area (TPSA) is 17.3 Å². The summed E-state index contributed by atoms with van der Waals surface area (Å²) in [5.74, 6) is -0.318. The monoisotopic (exact) mass is 212 g/mol. The molecule has 0 fully saturated rings. The van der Waals surface area contributed by atoms with Gasteiger partial charge < -0.3 is 0 Å². The van der Waals surface area contributed by atoms with Gasteiger partial charge in [-0.25, -0.2) is 4.98 Å². The molecule has 0 aliphatic carbocycles. The van der Waals surface area contributed by atoms with Gasteiger partial charge in [-0.15, -0.1) is 0 Å². The van der Waals surface area contributed by atoms with Gasteiger partial charge in [-0.05, 0) is 12.1 Å². The second-order valence-corrected chi connectivity index (χ2v) is 3.55. The minimum absolute atomic E-state index is 0.318. The number of nitrogens with zero attached hydrogens (tertiary/aromatic N) is 2. The van der Waals surface area contributed by atoms with Crippen LogP contribution in [0.2, 0.25) is 0 Å². The van der Waals surface area contributed by atoms with Gasteiger partial charge in [0.05, 0.1) is 0 Å². The Morgan fingerprint density at radius 1 is 0.938 bits per heavy atom. The molecule has 0 N–H and O–H groups in total. The van der Waals surface area contributed by atoms with Gasteiger partial charge in [0.2, 0.25) is 5.95 Å². The molecule has 0 aliphatic rings. The summed E-state index contributed by atoms with van der Waals surface area (Å²) in [6.07, 6.45) is 1.67. The van der Waals surface area contributed by atoms with Crippen molar-refractivity contribution in [3.8, 4) is 11.3 Å².